The van der Waals surface area contributed by atoms with Crippen molar-refractivity contribution >= 4 is 12.2 Å². The highest BCUT2D eigenvalue weighted by molar-refractivity contribution is 5.78. The summed E-state index contributed by atoms with van der Waals surface area (Å²) in [6, 6.07) is 0. The number of hydrazone groups is 1. The summed E-state index contributed by atoms with van der Waals surface area (Å²) < 4.78 is 0. The Morgan fingerprint density at radius 1 is 1.16 bits per heavy atom. The molecule has 0 bridgehead atoms. The number of hydrogen-bond donors (Lipinski definition) is 4. The molecule has 4 aliphatic rings. The maximum atomic E-state index is 12.3. The van der Waals surface area contributed by atoms with E-state index in [1.54, 1.807) is 12.4 Å². The Kier molecular flexibility index (Phi) is 5.52. The van der Waals surface area contributed by atoms with Crippen LogP contribution >= 0.6 is 0 Å². The number of allylic oxidation sites excluding steroid dienone is 2. The van der Waals surface area contributed by atoms with Gasteiger partial charge in [0.05, 0.1) is 11.7 Å². The van der Waals surface area contributed by atoms with E-state index in [9.17, 15) is 10.2 Å². The second-order valence-electron chi connectivity index (χ2n) is 11.7. The van der Waals surface area contributed by atoms with E-state index in [1.165, 1.54) is 6.42 Å². The molecule has 4 fully saturated rings. The van der Waals surface area contributed by atoms with Gasteiger partial charge >= 0.3 is 0 Å². The SMILES string of the molecule is CC(/C=N/Nc1ncc[nH]1)=C\[C@H]1CC[C@]2(O)[C@@H]3CC[C@@H]4C[C@@H](O)CC[C@]4(C)[C@H]3CC[C@]12C. The molecule has 1 aromatic rings. The van der Waals surface area contributed by atoms with E-state index >= 15 is 0 Å². The monoisotopic (exact) mass is 440 g/mol. The molecule has 5 rings (SSSR count). The Labute approximate surface area is 192 Å². The average molecular weight is 441 g/mol. The topological polar surface area (TPSA) is 93.5 Å². The van der Waals surface area contributed by atoms with Crippen molar-refractivity contribution in [1.82, 2.24) is 9.97 Å². The van der Waals surface area contributed by atoms with Crippen molar-refractivity contribution in [3.05, 3.63) is 24.0 Å². The summed E-state index contributed by atoms with van der Waals surface area (Å²) in [5, 5.41) is 26.8. The van der Waals surface area contributed by atoms with E-state index in [1.807, 2.05) is 6.21 Å². The lowest BCUT2D eigenvalue weighted by atomic mass is 9.43. The first kappa shape index (κ1) is 22.1. The minimum Gasteiger partial charge on any atom is -0.393 e. The van der Waals surface area contributed by atoms with Crippen molar-refractivity contribution < 1.29 is 10.2 Å². The van der Waals surface area contributed by atoms with Gasteiger partial charge in [-0.15, -0.1) is 0 Å². The van der Waals surface area contributed by atoms with Crippen molar-refractivity contribution in [3.63, 3.8) is 0 Å². The van der Waals surface area contributed by atoms with Crippen molar-refractivity contribution in [3.8, 4) is 0 Å². The molecule has 1 aromatic heterocycles. The lowest BCUT2D eigenvalue weighted by Gasteiger charge is -2.63. The maximum absolute atomic E-state index is 12.3. The molecule has 0 saturated heterocycles. The second kappa shape index (κ2) is 7.98. The highest BCUT2D eigenvalue weighted by Gasteiger charge is 2.66. The number of aromatic amines is 1. The minimum absolute atomic E-state index is 0.0743. The number of fused-ring (bicyclic) bond motifs is 5. The number of nitrogens with one attached hydrogen (secondary N) is 2. The van der Waals surface area contributed by atoms with Gasteiger partial charge in [-0.25, -0.2) is 10.4 Å². The van der Waals surface area contributed by atoms with Gasteiger partial charge in [0, 0.05) is 24.0 Å². The Morgan fingerprint density at radius 3 is 2.78 bits per heavy atom. The van der Waals surface area contributed by atoms with Crippen LogP contribution in [0.2, 0.25) is 0 Å². The van der Waals surface area contributed by atoms with Crippen LogP contribution in [0.25, 0.3) is 0 Å². The molecule has 0 unspecified atom stereocenters. The number of aliphatic hydroxyl groups excluding tert-OH is 1. The highest BCUT2D eigenvalue weighted by Crippen LogP contribution is 2.69. The molecule has 4 saturated carbocycles. The van der Waals surface area contributed by atoms with Crippen LogP contribution in [0.15, 0.2) is 29.1 Å². The fourth-order valence-electron chi connectivity index (χ4n) is 8.39. The largest absolute Gasteiger partial charge is 0.393 e. The molecule has 1 heterocycles. The molecule has 4 aliphatic carbocycles. The van der Waals surface area contributed by atoms with Crippen LogP contribution in [-0.2, 0) is 0 Å². The Balaban J connectivity index is 1.34. The molecule has 176 valence electrons. The third-order valence-corrected chi connectivity index (χ3v) is 10.3. The number of rotatable bonds is 4. The predicted octanol–water partition coefficient (Wildman–Crippen LogP) is 4.89. The van der Waals surface area contributed by atoms with Gasteiger partial charge in [-0.3, -0.25) is 0 Å². The highest BCUT2D eigenvalue weighted by atomic mass is 16.3. The molecule has 0 spiro atoms. The molecular weight excluding hydrogens is 400 g/mol. The minimum atomic E-state index is -0.578. The number of hydrogen-bond acceptors (Lipinski definition) is 5. The van der Waals surface area contributed by atoms with E-state index < -0.39 is 5.60 Å². The Bertz CT molecular complexity index is 882. The third kappa shape index (κ3) is 3.37. The summed E-state index contributed by atoms with van der Waals surface area (Å²) >= 11 is 0. The normalized spacial score (nSPS) is 46.5. The first-order valence-corrected chi connectivity index (χ1v) is 12.6. The van der Waals surface area contributed by atoms with Crippen LogP contribution in [-0.4, -0.2) is 38.1 Å². The molecule has 8 atom stereocenters. The first-order chi connectivity index (χ1) is 15.3. The summed E-state index contributed by atoms with van der Waals surface area (Å²) in [7, 11) is 0. The van der Waals surface area contributed by atoms with Crippen molar-refractivity contribution in [2.45, 2.75) is 90.3 Å². The van der Waals surface area contributed by atoms with Gasteiger partial charge in [-0.1, -0.05) is 19.9 Å². The second-order valence-corrected chi connectivity index (χ2v) is 11.7. The molecule has 0 aromatic carbocycles. The quantitative estimate of drug-likeness (QED) is 0.396. The molecule has 32 heavy (non-hydrogen) atoms. The standard InChI is InChI=1S/C26H40N4O2/c1-17(16-29-30-23-27-12-13-28-23)14-19-6-11-26(32)22-5-4-18-15-20(31)7-9-24(18,2)21(22)8-10-25(19,26)3/h12-14,16,18-22,31-32H,4-11,15H2,1-3H3,(H2,27,28,30)/b17-14+,29-16+/t18-,19-,20+,21+,22-,24+,25-,26+/m1/s1. The Morgan fingerprint density at radius 2 is 2.00 bits per heavy atom. The molecule has 0 radical (unpaired) electrons. The molecular formula is C26H40N4O2. The smallest absolute Gasteiger partial charge is 0.220 e. The van der Waals surface area contributed by atoms with E-state index in [0.29, 0.717) is 29.6 Å². The number of imidazole rings is 1. The summed E-state index contributed by atoms with van der Waals surface area (Å²) in [6.07, 6.45) is 17.1. The number of H-pyrrole nitrogens is 1. The van der Waals surface area contributed by atoms with Crippen molar-refractivity contribution in [1.29, 1.82) is 0 Å². The van der Waals surface area contributed by atoms with Crippen LogP contribution in [0.3, 0.4) is 0 Å². The van der Waals surface area contributed by atoms with Crippen LogP contribution in [0.4, 0.5) is 5.95 Å². The molecule has 4 N–H and O–H groups in total. The predicted molar refractivity (Wildman–Crippen MR) is 127 cm³/mol. The number of nitrogens with zero attached hydrogens (tertiary/aromatic N) is 2. The van der Waals surface area contributed by atoms with Crippen LogP contribution in [0, 0.1) is 34.5 Å². The van der Waals surface area contributed by atoms with Gasteiger partial charge in [-0.05, 0) is 99.4 Å². The van der Waals surface area contributed by atoms with Gasteiger partial charge in [0.15, 0.2) is 0 Å². The summed E-state index contributed by atoms with van der Waals surface area (Å²) in [6.45, 7) is 6.92. The van der Waals surface area contributed by atoms with Gasteiger partial charge in [-0.2, -0.15) is 5.10 Å². The van der Waals surface area contributed by atoms with Crippen LogP contribution in [0.5, 0.6) is 0 Å². The van der Waals surface area contributed by atoms with Crippen LogP contribution in [0.1, 0.15) is 78.6 Å². The third-order valence-electron chi connectivity index (χ3n) is 10.3. The summed E-state index contributed by atoms with van der Waals surface area (Å²) in [5.41, 5.74) is 3.68. The van der Waals surface area contributed by atoms with Gasteiger partial charge < -0.3 is 15.2 Å². The fourth-order valence-corrected chi connectivity index (χ4v) is 8.39. The zero-order chi connectivity index (χ0) is 22.6. The number of anilines is 1. The van der Waals surface area contributed by atoms with Crippen LogP contribution < -0.4 is 5.43 Å². The zero-order valence-electron chi connectivity index (χ0n) is 19.8. The van der Waals surface area contributed by atoms with Gasteiger partial charge in [0.2, 0.25) is 5.95 Å². The lowest BCUT2D eigenvalue weighted by molar-refractivity contribution is -0.207. The molecule has 0 aliphatic heterocycles. The zero-order valence-corrected chi connectivity index (χ0v) is 19.8. The summed E-state index contributed by atoms with van der Waals surface area (Å²) in [4.78, 5) is 7.10. The van der Waals surface area contributed by atoms with E-state index in [-0.39, 0.29) is 16.9 Å². The number of aliphatic hydroxyl groups is 2. The van der Waals surface area contributed by atoms with Crippen molar-refractivity contribution in [2.24, 2.45) is 39.6 Å². The lowest BCUT2D eigenvalue weighted by Crippen LogP contribution is -2.62. The average Bonchev–Trinajstić information content (AvgIpc) is 3.36. The van der Waals surface area contributed by atoms with Gasteiger partial charge in [0.1, 0.15) is 0 Å². The molecule has 6 heteroatoms. The first-order valence-electron chi connectivity index (χ1n) is 12.6. The summed E-state index contributed by atoms with van der Waals surface area (Å²) in [5.74, 6) is 2.62. The number of aromatic nitrogens is 2. The van der Waals surface area contributed by atoms with Gasteiger partial charge in [0.25, 0.3) is 0 Å². The van der Waals surface area contributed by atoms with E-state index in [0.717, 1.165) is 56.9 Å². The Hall–Kier alpha value is -1.66. The van der Waals surface area contributed by atoms with E-state index in [2.05, 4.69) is 47.3 Å². The van der Waals surface area contributed by atoms with E-state index in [4.69, 9.17) is 0 Å². The molecule has 6 nitrogen and oxygen atoms in total. The fraction of sp³-hybridized carbons (Fsp3) is 0.769. The maximum Gasteiger partial charge on any atom is 0.220 e. The van der Waals surface area contributed by atoms with Crippen molar-refractivity contribution in [2.75, 3.05) is 5.43 Å². The molecule has 0 amide bonds.